The van der Waals surface area contributed by atoms with Gasteiger partial charge in [0.25, 0.3) is 0 Å². The van der Waals surface area contributed by atoms with Gasteiger partial charge in [0.2, 0.25) is 15.9 Å². The third-order valence-corrected chi connectivity index (χ3v) is 6.08. The van der Waals surface area contributed by atoms with Crippen LogP contribution >= 0.6 is 11.6 Å². The zero-order valence-corrected chi connectivity index (χ0v) is 18.4. The van der Waals surface area contributed by atoms with E-state index in [0.29, 0.717) is 28.0 Å². The summed E-state index contributed by atoms with van der Waals surface area (Å²) in [4.78, 5) is 12.5. The van der Waals surface area contributed by atoms with Crippen LogP contribution < -0.4 is 19.5 Å². The van der Waals surface area contributed by atoms with Gasteiger partial charge in [-0.2, -0.15) is 4.72 Å². The molecular weight excluding hydrogens is 440 g/mol. The maximum Gasteiger partial charge on any atom is 0.242 e. The second kappa shape index (κ2) is 9.82. The van der Waals surface area contributed by atoms with E-state index in [4.69, 9.17) is 21.1 Å². The molecule has 2 N–H and O–H groups in total. The number of carbonyl (C=O) groups excluding carboxylic acids is 1. The normalized spacial score (nSPS) is 12.1. The average Bonchev–Trinajstić information content (AvgIpc) is 2.75. The third-order valence-electron chi connectivity index (χ3n) is 4.27. The Bertz CT molecular complexity index is 1150. The zero-order chi connectivity index (χ0) is 22.4. The standard InChI is InChI=1S/C22H21ClN2O5S/c1-15(25-31(27,28)19-13-7-16(23)8-14-19)22(26)24-17-9-11-18(12-10-17)30-21-6-4-3-5-20(21)29-2/h3-15,25H,1-2H3,(H,24,26)/t15-/m0/s1. The number of nitrogens with one attached hydrogen (secondary N) is 2. The van der Waals surface area contributed by atoms with Crippen LogP contribution in [-0.4, -0.2) is 27.5 Å². The van der Waals surface area contributed by atoms with Gasteiger partial charge in [-0.05, 0) is 67.6 Å². The predicted octanol–water partition coefficient (Wildman–Crippen LogP) is 4.45. The van der Waals surface area contributed by atoms with Crippen LogP contribution in [0.2, 0.25) is 5.02 Å². The Hall–Kier alpha value is -3.07. The molecule has 3 aromatic rings. The summed E-state index contributed by atoms with van der Waals surface area (Å²) < 4.78 is 38.2. The topological polar surface area (TPSA) is 93.7 Å². The van der Waals surface area contributed by atoms with Crippen LogP contribution in [0.15, 0.2) is 77.7 Å². The molecule has 0 spiro atoms. The highest BCUT2D eigenvalue weighted by Crippen LogP contribution is 2.31. The molecule has 7 nitrogen and oxygen atoms in total. The van der Waals surface area contributed by atoms with Crippen LogP contribution in [0.3, 0.4) is 0 Å². The van der Waals surface area contributed by atoms with Gasteiger partial charge in [0.05, 0.1) is 18.0 Å². The molecule has 0 aliphatic rings. The molecule has 0 aliphatic carbocycles. The highest BCUT2D eigenvalue weighted by Gasteiger charge is 2.22. The molecule has 31 heavy (non-hydrogen) atoms. The SMILES string of the molecule is COc1ccccc1Oc1ccc(NC(=O)[C@H](C)NS(=O)(=O)c2ccc(Cl)cc2)cc1. The summed E-state index contributed by atoms with van der Waals surface area (Å²) in [5.41, 5.74) is 0.495. The van der Waals surface area contributed by atoms with E-state index in [0.717, 1.165) is 0 Å². The Morgan fingerprint density at radius 2 is 1.55 bits per heavy atom. The van der Waals surface area contributed by atoms with Crippen LogP contribution in [0.25, 0.3) is 0 Å². The molecule has 3 aromatic carbocycles. The molecule has 0 heterocycles. The second-order valence-corrected chi connectivity index (χ2v) is 8.71. The van der Waals surface area contributed by atoms with Gasteiger partial charge in [-0.25, -0.2) is 8.42 Å². The fourth-order valence-corrected chi connectivity index (χ4v) is 3.98. The number of rotatable bonds is 8. The molecule has 0 aromatic heterocycles. The number of hydrogen-bond donors (Lipinski definition) is 2. The lowest BCUT2D eigenvalue weighted by atomic mass is 10.2. The van der Waals surface area contributed by atoms with E-state index in [-0.39, 0.29) is 4.90 Å². The van der Waals surface area contributed by atoms with Crippen molar-refractivity contribution in [3.05, 3.63) is 77.8 Å². The zero-order valence-electron chi connectivity index (χ0n) is 16.8. The Kier molecular flexibility index (Phi) is 7.17. The molecule has 0 saturated carbocycles. The third kappa shape index (κ3) is 5.97. The van der Waals surface area contributed by atoms with Crippen molar-refractivity contribution in [1.29, 1.82) is 0 Å². The predicted molar refractivity (Wildman–Crippen MR) is 119 cm³/mol. The first-order valence-electron chi connectivity index (χ1n) is 9.28. The molecule has 162 valence electrons. The lowest BCUT2D eigenvalue weighted by Crippen LogP contribution is -2.41. The van der Waals surface area contributed by atoms with E-state index in [9.17, 15) is 13.2 Å². The van der Waals surface area contributed by atoms with Gasteiger partial charge in [0, 0.05) is 10.7 Å². The molecule has 0 saturated heterocycles. The molecule has 0 unspecified atom stereocenters. The number of carbonyl (C=O) groups is 1. The Balaban J connectivity index is 1.61. The van der Waals surface area contributed by atoms with Gasteiger partial charge < -0.3 is 14.8 Å². The van der Waals surface area contributed by atoms with Crippen LogP contribution in [0.1, 0.15) is 6.92 Å². The number of amides is 1. The summed E-state index contributed by atoms with van der Waals surface area (Å²) in [7, 11) is -2.30. The van der Waals surface area contributed by atoms with Gasteiger partial charge in [0.15, 0.2) is 11.5 Å². The Morgan fingerprint density at radius 1 is 0.935 bits per heavy atom. The lowest BCUT2D eigenvalue weighted by molar-refractivity contribution is -0.117. The fourth-order valence-electron chi connectivity index (χ4n) is 2.65. The average molecular weight is 461 g/mol. The number of halogens is 1. The Labute approximate surface area is 186 Å². The molecule has 1 atom stereocenters. The minimum atomic E-state index is -3.86. The van der Waals surface area contributed by atoms with Crippen LogP contribution in [0.4, 0.5) is 5.69 Å². The number of sulfonamides is 1. The quantitative estimate of drug-likeness (QED) is 0.518. The van der Waals surface area contributed by atoms with Crippen molar-refractivity contribution in [3.63, 3.8) is 0 Å². The van der Waals surface area contributed by atoms with E-state index in [1.807, 2.05) is 12.1 Å². The summed E-state index contributed by atoms with van der Waals surface area (Å²) in [6.07, 6.45) is 0. The van der Waals surface area contributed by atoms with Gasteiger partial charge in [-0.3, -0.25) is 4.79 Å². The summed E-state index contributed by atoms with van der Waals surface area (Å²) >= 11 is 5.79. The summed E-state index contributed by atoms with van der Waals surface area (Å²) in [5, 5.41) is 3.09. The first-order valence-corrected chi connectivity index (χ1v) is 11.1. The van der Waals surface area contributed by atoms with Gasteiger partial charge in [-0.1, -0.05) is 23.7 Å². The summed E-state index contributed by atoms with van der Waals surface area (Å²) in [6, 6.07) is 18.6. The second-order valence-electron chi connectivity index (χ2n) is 6.56. The maximum absolute atomic E-state index is 12.4. The lowest BCUT2D eigenvalue weighted by Gasteiger charge is -2.15. The van der Waals surface area contributed by atoms with Crippen molar-refractivity contribution in [1.82, 2.24) is 4.72 Å². The van der Waals surface area contributed by atoms with Crippen molar-refractivity contribution in [3.8, 4) is 17.2 Å². The van der Waals surface area contributed by atoms with E-state index in [1.54, 1.807) is 43.5 Å². The van der Waals surface area contributed by atoms with Crippen molar-refractivity contribution in [2.45, 2.75) is 17.9 Å². The number of hydrogen-bond acceptors (Lipinski definition) is 5. The van der Waals surface area contributed by atoms with E-state index in [2.05, 4.69) is 10.0 Å². The molecule has 3 rings (SSSR count). The number of anilines is 1. The van der Waals surface area contributed by atoms with E-state index in [1.165, 1.54) is 31.2 Å². The van der Waals surface area contributed by atoms with Crippen LogP contribution in [0, 0.1) is 0 Å². The number of benzene rings is 3. The van der Waals surface area contributed by atoms with Crippen molar-refractivity contribution in [2.24, 2.45) is 0 Å². The monoisotopic (exact) mass is 460 g/mol. The maximum atomic E-state index is 12.4. The van der Waals surface area contributed by atoms with Crippen molar-refractivity contribution >= 4 is 33.2 Å². The molecule has 0 fully saturated rings. The number of para-hydroxylation sites is 2. The number of methoxy groups -OCH3 is 1. The first kappa shape index (κ1) is 22.6. The minimum absolute atomic E-state index is 0.0226. The van der Waals surface area contributed by atoms with E-state index < -0.39 is 22.0 Å². The van der Waals surface area contributed by atoms with Crippen LogP contribution in [0.5, 0.6) is 17.2 Å². The molecule has 1 amide bonds. The van der Waals surface area contributed by atoms with Gasteiger partial charge >= 0.3 is 0 Å². The first-order chi connectivity index (χ1) is 14.8. The smallest absolute Gasteiger partial charge is 0.242 e. The molecule has 0 bridgehead atoms. The number of ether oxygens (including phenoxy) is 2. The Morgan fingerprint density at radius 3 is 2.16 bits per heavy atom. The molecular formula is C22H21ClN2O5S. The van der Waals surface area contributed by atoms with Crippen molar-refractivity contribution in [2.75, 3.05) is 12.4 Å². The minimum Gasteiger partial charge on any atom is -0.493 e. The molecule has 9 heteroatoms. The van der Waals surface area contributed by atoms with Gasteiger partial charge in [-0.15, -0.1) is 0 Å². The largest absolute Gasteiger partial charge is 0.493 e. The van der Waals surface area contributed by atoms with E-state index >= 15 is 0 Å². The molecule has 0 radical (unpaired) electrons. The van der Waals surface area contributed by atoms with Crippen LogP contribution in [-0.2, 0) is 14.8 Å². The van der Waals surface area contributed by atoms with Crippen molar-refractivity contribution < 1.29 is 22.7 Å². The summed E-state index contributed by atoms with van der Waals surface area (Å²) in [5.74, 6) is 1.21. The summed E-state index contributed by atoms with van der Waals surface area (Å²) in [6.45, 7) is 1.46. The van der Waals surface area contributed by atoms with Gasteiger partial charge in [0.1, 0.15) is 5.75 Å². The fraction of sp³-hybridized carbons (Fsp3) is 0.136. The highest BCUT2D eigenvalue weighted by atomic mass is 35.5. The molecule has 0 aliphatic heterocycles. The highest BCUT2D eigenvalue weighted by molar-refractivity contribution is 7.89.